The summed E-state index contributed by atoms with van der Waals surface area (Å²) in [4.78, 5) is 2.27. The van der Waals surface area contributed by atoms with Gasteiger partial charge in [0, 0.05) is 40.6 Å². The van der Waals surface area contributed by atoms with Gasteiger partial charge in [0.05, 0.1) is 0 Å². The second kappa shape index (κ2) is 5.69. The third-order valence-corrected chi connectivity index (χ3v) is 4.38. The number of aliphatic hydroxyl groups excluding tert-OH is 1. The summed E-state index contributed by atoms with van der Waals surface area (Å²) in [5.74, 6) is 0. The van der Waals surface area contributed by atoms with Gasteiger partial charge in [0.1, 0.15) is 0 Å². The Balaban J connectivity index is 2.34. The number of aliphatic hydroxyl groups is 1. The number of thiophene rings is 1. The summed E-state index contributed by atoms with van der Waals surface area (Å²) >= 11 is 1.65. The van der Waals surface area contributed by atoms with Crippen LogP contribution in [0.5, 0.6) is 0 Å². The molecule has 1 aliphatic heterocycles. The second-order valence-corrected chi connectivity index (χ2v) is 5.60. The monoisotopic (exact) mass is 264 g/mol. The van der Waals surface area contributed by atoms with E-state index < -0.39 is 0 Å². The van der Waals surface area contributed by atoms with Gasteiger partial charge in [-0.25, -0.2) is 0 Å². The van der Waals surface area contributed by atoms with E-state index in [1.807, 2.05) is 19.1 Å². The molecule has 0 bridgehead atoms. The van der Waals surface area contributed by atoms with E-state index in [4.69, 9.17) is 5.11 Å². The van der Waals surface area contributed by atoms with Crippen molar-refractivity contribution < 1.29 is 5.11 Å². The molecule has 0 radical (unpaired) electrons. The number of nitrogens with zero attached hydrogens (tertiary/aromatic N) is 1. The average Bonchev–Trinajstić information content (AvgIpc) is 2.81. The molecule has 2 rings (SSSR count). The third kappa shape index (κ3) is 2.66. The van der Waals surface area contributed by atoms with E-state index in [-0.39, 0.29) is 6.61 Å². The van der Waals surface area contributed by atoms with E-state index in [1.165, 1.54) is 5.57 Å². The van der Waals surface area contributed by atoms with E-state index >= 15 is 0 Å². The molecule has 3 nitrogen and oxygen atoms in total. The van der Waals surface area contributed by atoms with Crippen molar-refractivity contribution in [2.45, 2.75) is 26.7 Å². The molecule has 0 unspecified atom stereocenters. The fourth-order valence-corrected chi connectivity index (χ4v) is 3.09. The van der Waals surface area contributed by atoms with Crippen LogP contribution in [0.4, 0.5) is 0 Å². The molecule has 0 spiro atoms. The van der Waals surface area contributed by atoms with Crippen LogP contribution in [0.15, 0.2) is 29.5 Å². The van der Waals surface area contributed by atoms with Crippen molar-refractivity contribution in [3.8, 4) is 0 Å². The van der Waals surface area contributed by atoms with Crippen LogP contribution in [-0.2, 0) is 6.42 Å². The summed E-state index contributed by atoms with van der Waals surface area (Å²) < 4.78 is 0. The highest BCUT2D eigenvalue weighted by Gasteiger charge is 2.14. The van der Waals surface area contributed by atoms with Gasteiger partial charge >= 0.3 is 0 Å². The van der Waals surface area contributed by atoms with Crippen molar-refractivity contribution in [1.82, 2.24) is 5.06 Å². The fourth-order valence-electron chi connectivity index (χ4n) is 2.02. The second-order valence-electron chi connectivity index (χ2n) is 4.43. The molecule has 1 aromatic heterocycles. The first kappa shape index (κ1) is 13.3. The maximum absolute atomic E-state index is 11.9. The van der Waals surface area contributed by atoms with Gasteiger partial charge in [-0.3, -0.25) is 0 Å². The van der Waals surface area contributed by atoms with Crippen LogP contribution in [-0.4, -0.2) is 23.3 Å². The number of hydroxylamine groups is 2. The molecule has 1 aromatic rings. The zero-order chi connectivity index (χ0) is 13.1. The number of rotatable bonds is 4. The van der Waals surface area contributed by atoms with E-state index in [0.29, 0.717) is 13.0 Å². The molecule has 0 fully saturated rings. The lowest BCUT2D eigenvalue weighted by Crippen LogP contribution is -2.21. The quantitative estimate of drug-likeness (QED) is 0.908. The van der Waals surface area contributed by atoms with E-state index in [1.54, 1.807) is 11.3 Å². The Kier molecular flexibility index (Phi) is 4.22. The highest BCUT2D eigenvalue weighted by atomic mass is 32.1. The maximum atomic E-state index is 11.9. The molecule has 0 saturated carbocycles. The molecule has 0 saturated heterocycles. The molecule has 1 aliphatic rings. The van der Waals surface area contributed by atoms with Crippen LogP contribution in [0.25, 0.3) is 5.57 Å². The SMILES string of the molecule is CCC1=CC(c2ccc(CCO)s2)=C(C)N([O-])C1. The Morgan fingerprint density at radius 2 is 2.22 bits per heavy atom. The highest BCUT2D eigenvalue weighted by Crippen LogP contribution is 2.33. The Morgan fingerprint density at radius 1 is 1.44 bits per heavy atom. The predicted molar refractivity (Wildman–Crippen MR) is 76.1 cm³/mol. The van der Waals surface area contributed by atoms with Crippen molar-refractivity contribution in [3.05, 3.63) is 44.4 Å². The molecule has 0 atom stereocenters. The minimum absolute atomic E-state index is 0.168. The Morgan fingerprint density at radius 3 is 2.89 bits per heavy atom. The van der Waals surface area contributed by atoms with Gasteiger partial charge in [-0.15, -0.1) is 11.3 Å². The highest BCUT2D eigenvalue weighted by molar-refractivity contribution is 7.13. The minimum atomic E-state index is 0.168. The fraction of sp³-hybridized carbons (Fsp3) is 0.429. The van der Waals surface area contributed by atoms with E-state index in [0.717, 1.165) is 32.5 Å². The molecule has 2 heterocycles. The molecular weight excluding hydrogens is 246 g/mol. The molecule has 0 aromatic carbocycles. The first-order chi connectivity index (χ1) is 8.65. The average molecular weight is 264 g/mol. The van der Waals surface area contributed by atoms with Crippen LogP contribution in [0.1, 0.15) is 30.0 Å². The van der Waals surface area contributed by atoms with E-state index in [9.17, 15) is 5.21 Å². The normalized spacial score (nSPS) is 16.2. The minimum Gasteiger partial charge on any atom is -0.758 e. The van der Waals surface area contributed by atoms with Crippen molar-refractivity contribution in [3.63, 3.8) is 0 Å². The van der Waals surface area contributed by atoms with Gasteiger partial charge in [0.2, 0.25) is 0 Å². The molecule has 1 N–H and O–H groups in total. The zero-order valence-corrected chi connectivity index (χ0v) is 11.6. The maximum Gasteiger partial charge on any atom is 0.0479 e. The summed E-state index contributed by atoms with van der Waals surface area (Å²) in [5, 5.41) is 21.9. The van der Waals surface area contributed by atoms with Gasteiger partial charge in [-0.1, -0.05) is 18.6 Å². The molecule has 0 amide bonds. The van der Waals surface area contributed by atoms with E-state index in [2.05, 4.69) is 13.0 Å². The molecule has 98 valence electrons. The summed E-state index contributed by atoms with van der Waals surface area (Å²) in [6.07, 6.45) is 3.73. The van der Waals surface area contributed by atoms with Crippen molar-refractivity contribution in [2.75, 3.05) is 13.2 Å². The summed E-state index contributed by atoms with van der Waals surface area (Å²) in [7, 11) is 0. The smallest absolute Gasteiger partial charge is 0.0479 e. The largest absolute Gasteiger partial charge is 0.758 e. The number of allylic oxidation sites excluding steroid dienone is 3. The van der Waals surface area contributed by atoms with Crippen LogP contribution in [0.3, 0.4) is 0 Å². The summed E-state index contributed by atoms with van der Waals surface area (Å²) in [6, 6.07) is 4.07. The van der Waals surface area contributed by atoms with Crippen LogP contribution < -0.4 is 0 Å². The van der Waals surface area contributed by atoms with Crippen molar-refractivity contribution in [1.29, 1.82) is 0 Å². The van der Waals surface area contributed by atoms with Gasteiger partial charge < -0.3 is 15.4 Å². The number of hydrogen-bond acceptors (Lipinski definition) is 4. The topological polar surface area (TPSA) is 46.5 Å². The summed E-state index contributed by atoms with van der Waals surface area (Å²) in [6.45, 7) is 4.60. The first-order valence-electron chi connectivity index (χ1n) is 6.20. The zero-order valence-electron chi connectivity index (χ0n) is 10.8. The van der Waals surface area contributed by atoms with Crippen molar-refractivity contribution >= 4 is 16.9 Å². The standard InChI is InChI=1S/C14H18NO2S/c1-3-11-8-13(10(2)15(17)9-11)14-5-4-12(18-14)6-7-16/h4-5,8,16H,3,6-7,9H2,1-2H3/q-1. The van der Waals surface area contributed by atoms with Crippen LogP contribution in [0.2, 0.25) is 0 Å². The third-order valence-electron chi connectivity index (χ3n) is 3.20. The number of hydrogen-bond donors (Lipinski definition) is 1. The van der Waals surface area contributed by atoms with Gasteiger partial charge in [0.15, 0.2) is 0 Å². The summed E-state index contributed by atoms with van der Waals surface area (Å²) in [5.41, 5.74) is 2.98. The lowest BCUT2D eigenvalue weighted by molar-refractivity contribution is 0.300. The first-order valence-corrected chi connectivity index (χ1v) is 7.02. The lowest BCUT2D eigenvalue weighted by Gasteiger charge is -2.37. The van der Waals surface area contributed by atoms with Crippen LogP contribution >= 0.6 is 11.3 Å². The van der Waals surface area contributed by atoms with Gasteiger partial charge in [-0.05, 0) is 25.5 Å². The lowest BCUT2D eigenvalue weighted by atomic mass is 10.0. The Labute approximate surface area is 112 Å². The Hall–Kier alpha value is -1.10. The molecule has 18 heavy (non-hydrogen) atoms. The van der Waals surface area contributed by atoms with Crippen molar-refractivity contribution in [2.24, 2.45) is 0 Å². The molecule has 0 aliphatic carbocycles. The molecule has 4 heteroatoms. The van der Waals surface area contributed by atoms with Gasteiger partial charge in [0.25, 0.3) is 0 Å². The van der Waals surface area contributed by atoms with Gasteiger partial charge in [-0.2, -0.15) is 0 Å². The van der Waals surface area contributed by atoms with Crippen LogP contribution in [0, 0.1) is 5.21 Å². The Bertz CT molecular complexity index is 488. The predicted octanol–water partition coefficient (Wildman–Crippen LogP) is 3.16. The molecular formula is C14H18NO2S-.